The van der Waals surface area contributed by atoms with Gasteiger partial charge in [0.2, 0.25) is 0 Å². The van der Waals surface area contributed by atoms with Crippen molar-refractivity contribution in [2.45, 2.75) is 41.5 Å². The Bertz CT molecular complexity index is 1250. The van der Waals surface area contributed by atoms with Gasteiger partial charge in [0, 0.05) is 0 Å². The average Bonchev–Trinajstić information content (AvgIpc) is 3.33. The number of hydrogen-bond donors (Lipinski definition) is 0. The number of rotatable bonds is 4. The summed E-state index contributed by atoms with van der Waals surface area (Å²) < 4.78 is 0.262. The van der Waals surface area contributed by atoms with Crippen LogP contribution in [0.25, 0.3) is 12.2 Å². The first-order chi connectivity index (χ1) is 15.6. The minimum atomic E-state index is -4.72. The van der Waals surface area contributed by atoms with Crippen LogP contribution in [-0.2, 0) is 15.6 Å². The van der Waals surface area contributed by atoms with E-state index in [4.69, 9.17) is 17.0 Å². The summed E-state index contributed by atoms with van der Waals surface area (Å²) in [6.07, 6.45) is 4.73. The van der Waals surface area contributed by atoms with Crippen LogP contribution in [0.15, 0.2) is 77.9 Å². The molecule has 3 unspecified atom stereocenters. The van der Waals surface area contributed by atoms with Crippen molar-refractivity contribution in [1.82, 2.24) is 0 Å². The molecule has 5 rings (SSSR count). The molecule has 2 aliphatic carbocycles. The van der Waals surface area contributed by atoms with Crippen LogP contribution in [-0.4, -0.2) is 5.92 Å². The van der Waals surface area contributed by atoms with Gasteiger partial charge in [-0.05, 0) is 0 Å². The van der Waals surface area contributed by atoms with E-state index in [9.17, 15) is 0 Å². The molecule has 4 heteroatoms. The molecule has 0 heterocycles. The SMILES string of the molecule is CC1=Cc2c(C)cccc2[CH]1[Zr]([Cl])([Cl])([CH]1C(C)=Cc2c(C)cccc21)[SiH](C)c1ccccc1. The van der Waals surface area contributed by atoms with Crippen LogP contribution >= 0.6 is 17.0 Å². The van der Waals surface area contributed by atoms with Gasteiger partial charge in [0.25, 0.3) is 0 Å². The summed E-state index contributed by atoms with van der Waals surface area (Å²) in [7, 11) is 16.8. The third kappa shape index (κ3) is 3.40. The summed E-state index contributed by atoms with van der Waals surface area (Å²) in [5.74, 6) is -1.78. The maximum absolute atomic E-state index is 8.40. The molecule has 169 valence electrons. The van der Waals surface area contributed by atoms with E-state index >= 15 is 0 Å². The van der Waals surface area contributed by atoms with Crippen molar-refractivity contribution in [2.24, 2.45) is 0 Å². The van der Waals surface area contributed by atoms with Crippen LogP contribution in [0.2, 0.25) is 6.55 Å². The molecule has 0 N–H and O–H groups in total. The van der Waals surface area contributed by atoms with Gasteiger partial charge in [-0.1, -0.05) is 0 Å². The fourth-order valence-corrected chi connectivity index (χ4v) is 48.8. The standard InChI is InChI=1S/2C11H11.C7H9Si.2ClH.Zr/c2*1-8-6-10-5-3-4-9(2)11(10)7-8;1-8-7-5-3-2-4-6-7;;;/h2*3-7H,1-2H3;2-6,8H,1H3;2*1H;/q;;;;;+2/p-2. The van der Waals surface area contributed by atoms with Gasteiger partial charge in [-0.2, -0.15) is 0 Å². The second-order valence-electron chi connectivity index (χ2n) is 10.2. The van der Waals surface area contributed by atoms with Gasteiger partial charge in [0.15, 0.2) is 0 Å². The third-order valence-electron chi connectivity index (χ3n) is 8.22. The van der Waals surface area contributed by atoms with E-state index in [0.29, 0.717) is 0 Å². The Morgan fingerprint density at radius 2 is 1.09 bits per heavy atom. The van der Waals surface area contributed by atoms with Crippen LogP contribution in [0.3, 0.4) is 0 Å². The summed E-state index contributed by atoms with van der Waals surface area (Å²) >= 11 is -4.72. The zero-order chi connectivity index (χ0) is 23.6. The van der Waals surface area contributed by atoms with Crippen molar-refractivity contribution < 1.29 is 15.6 Å². The van der Waals surface area contributed by atoms with Crippen LogP contribution in [0.1, 0.15) is 54.5 Å². The van der Waals surface area contributed by atoms with Gasteiger partial charge < -0.3 is 0 Å². The van der Waals surface area contributed by atoms with Crippen LogP contribution in [0.5, 0.6) is 0 Å². The van der Waals surface area contributed by atoms with Crippen LogP contribution in [0.4, 0.5) is 0 Å². The van der Waals surface area contributed by atoms with Gasteiger partial charge in [0.1, 0.15) is 0 Å². The molecule has 0 saturated heterocycles. The number of allylic oxidation sites excluding steroid dienone is 2. The van der Waals surface area contributed by atoms with E-state index in [0.717, 1.165) is 0 Å². The molecular weight excluding hydrogens is 539 g/mol. The molecule has 0 radical (unpaired) electrons. The zero-order valence-electron chi connectivity index (χ0n) is 20.0. The summed E-state index contributed by atoms with van der Waals surface area (Å²) in [6.45, 7) is 11.4. The molecule has 3 aromatic carbocycles. The molecule has 2 aliphatic rings. The Hall–Kier alpha value is -1.18. The number of benzene rings is 3. The fourth-order valence-electron chi connectivity index (χ4n) is 6.61. The van der Waals surface area contributed by atoms with Crippen molar-refractivity contribution in [2.75, 3.05) is 0 Å². The molecule has 0 fully saturated rings. The predicted octanol–water partition coefficient (Wildman–Crippen LogP) is 8.18. The van der Waals surface area contributed by atoms with E-state index in [1.165, 1.54) is 49.7 Å². The van der Waals surface area contributed by atoms with E-state index in [1.54, 1.807) is 0 Å². The molecule has 0 amide bonds. The topological polar surface area (TPSA) is 0 Å². The van der Waals surface area contributed by atoms with Crippen molar-refractivity contribution in [1.29, 1.82) is 0 Å². The molecule has 0 spiro atoms. The normalized spacial score (nSPS) is 21.5. The molecule has 33 heavy (non-hydrogen) atoms. The van der Waals surface area contributed by atoms with Gasteiger partial charge in [-0.15, -0.1) is 0 Å². The first kappa shape index (κ1) is 23.6. The van der Waals surface area contributed by atoms with E-state index in [-0.39, 0.29) is 7.25 Å². The zero-order valence-corrected chi connectivity index (χ0v) is 25.1. The monoisotopic (exact) mass is 567 g/mol. The summed E-state index contributed by atoms with van der Waals surface area (Å²) in [5.41, 5.74) is 10.7. The number of hydrogen-bond acceptors (Lipinski definition) is 0. The predicted molar refractivity (Wildman–Crippen MR) is 146 cm³/mol. The van der Waals surface area contributed by atoms with Gasteiger partial charge in [-0.25, -0.2) is 0 Å². The molecule has 0 bridgehead atoms. The Labute approximate surface area is 207 Å². The second kappa shape index (κ2) is 8.20. The molecule has 3 atom stereocenters. The molecule has 0 saturated carbocycles. The third-order valence-corrected chi connectivity index (χ3v) is 55.8. The summed E-state index contributed by atoms with van der Waals surface area (Å²) in [5, 5.41) is 1.39. The minimum absolute atomic E-state index is 0.131. The summed E-state index contributed by atoms with van der Waals surface area (Å²) in [4.78, 5) is 0. The average molecular weight is 570 g/mol. The fraction of sp³-hybridized carbons (Fsp3) is 0.241. The Morgan fingerprint density at radius 3 is 1.55 bits per heavy atom. The number of fused-ring (bicyclic) bond motifs is 2. The number of halogens is 2. The first-order valence-corrected chi connectivity index (χ1v) is 27.6. The Kier molecular flexibility index (Phi) is 5.85. The van der Waals surface area contributed by atoms with Crippen LogP contribution < -0.4 is 5.19 Å². The van der Waals surface area contributed by atoms with Crippen LogP contribution in [0, 0.1) is 13.8 Å². The molecule has 0 aliphatic heterocycles. The Balaban J connectivity index is 1.83. The van der Waals surface area contributed by atoms with E-state index < -0.39 is 21.5 Å². The van der Waals surface area contributed by atoms with Crippen molar-refractivity contribution >= 4 is 40.3 Å². The van der Waals surface area contributed by atoms with Gasteiger partial charge in [0.05, 0.1) is 0 Å². The van der Waals surface area contributed by atoms with E-state index in [1.807, 2.05) is 0 Å². The maximum atomic E-state index is 8.40. The molecule has 0 aromatic heterocycles. The van der Waals surface area contributed by atoms with E-state index in [2.05, 4.69) is 113 Å². The number of aryl methyl sites for hydroxylation is 2. The second-order valence-corrected chi connectivity index (χ2v) is 50.3. The molecule has 3 aromatic rings. The summed E-state index contributed by atoms with van der Waals surface area (Å²) in [6, 6.07) is 24.3. The van der Waals surface area contributed by atoms with Crippen molar-refractivity contribution in [3.05, 3.63) is 111 Å². The van der Waals surface area contributed by atoms with Gasteiger partial charge >= 0.3 is 209 Å². The first-order valence-electron chi connectivity index (χ1n) is 11.8. The quantitative estimate of drug-likeness (QED) is 0.278. The van der Waals surface area contributed by atoms with Crippen molar-refractivity contribution in [3.8, 4) is 0 Å². The van der Waals surface area contributed by atoms with Gasteiger partial charge in [-0.3, -0.25) is 0 Å². The molecule has 0 nitrogen and oxygen atoms in total. The Morgan fingerprint density at radius 1 is 0.636 bits per heavy atom. The van der Waals surface area contributed by atoms with Crippen molar-refractivity contribution in [3.63, 3.8) is 0 Å². The molecular formula is C29H31Cl2SiZr.